The Morgan fingerprint density at radius 2 is 1.48 bits per heavy atom. The molecule has 0 aromatic heterocycles. The molecule has 33 heavy (non-hydrogen) atoms. The predicted octanol–water partition coefficient (Wildman–Crippen LogP) is 6.17. The summed E-state index contributed by atoms with van der Waals surface area (Å²) in [6, 6.07) is -0.0906. The van der Waals surface area contributed by atoms with Crippen molar-refractivity contribution in [2.24, 2.45) is 61.9 Å². The van der Waals surface area contributed by atoms with Gasteiger partial charge in [-0.3, -0.25) is 0 Å². The van der Waals surface area contributed by atoms with Crippen LogP contribution in [0.2, 0.25) is 0 Å². The van der Waals surface area contributed by atoms with Gasteiger partial charge in [0.25, 0.3) is 0 Å². The van der Waals surface area contributed by atoms with Crippen LogP contribution in [0.15, 0.2) is 0 Å². The van der Waals surface area contributed by atoms with E-state index in [0.29, 0.717) is 39.6 Å². The molecule has 0 radical (unpaired) electrons. The first-order valence-electron chi connectivity index (χ1n) is 14.3. The van der Waals surface area contributed by atoms with Crippen LogP contribution in [0.1, 0.15) is 106 Å². The van der Waals surface area contributed by atoms with Gasteiger partial charge < -0.3 is 15.6 Å². The molecule has 6 aliphatic rings. The molecule has 11 atom stereocenters. The molecule has 0 amide bonds. The van der Waals surface area contributed by atoms with Crippen LogP contribution in [0.4, 0.5) is 0 Å². The Balaban J connectivity index is 1.40. The van der Waals surface area contributed by atoms with E-state index in [1.54, 1.807) is 0 Å². The summed E-state index contributed by atoms with van der Waals surface area (Å²) in [6.45, 7) is 18.6. The zero-order valence-corrected chi connectivity index (χ0v) is 22.5. The van der Waals surface area contributed by atoms with Gasteiger partial charge in [0.05, 0.1) is 18.8 Å². The molecule has 1 heterocycles. The van der Waals surface area contributed by atoms with Crippen molar-refractivity contribution in [2.75, 3.05) is 6.61 Å². The van der Waals surface area contributed by atoms with Crippen LogP contribution >= 0.6 is 0 Å². The molecule has 6 fully saturated rings. The molecule has 3 heteroatoms. The standard InChI is InChI=1S/C30H51NO2/c1-25(2)12-14-30-15-13-28(6)18(22(30)24(25)33-17-30)8-9-21-27(5)16-19(31)23(32)26(3,4)20(27)10-11-29(21,28)7/h18-24,32H,8-17,31H2,1-7H3/t18-,19?,20+,21-,22+,23+,24-,27+,28-,29-,30-/m1/s1. The number of rotatable bonds is 0. The zero-order valence-electron chi connectivity index (χ0n) is 22.5. The maximum Gasteiger partial charge on any atom is 0.0744 e. The van der Waals surface area contributed by atoms with Crippen LogP contribution in [0, 0.1) is 56.2 Å². The fourth-order valence-electron chi connectivity index (χ4n) is 12.2. The number of hydrogen-bond donors (Lipinski definition) is 2. The predicted molar refractivity (Wildman–Crippen MR) is 134 cm³/mol. The van der Waals surface area contributed by atoms with E-state index in [2.05, 4.69) is 48.5 Å². The van der Waals surface area contributed by atoms with Crippen molar-refractivity contribution in [3.05, 3.63) is 0 Å². The lowest BCUT2D eigenvalue weighted by atomic mass is 9.31. The highest BCUT2D eigenvalue weighted by Crippen LogP contribution is 2.77. The van der Waals surface area contributed by atoms with Gasteiger partial charge in [0.15, 0.2) is 0 Å². The summed E-state index contributed by atoms with van der Waals surface area (Å²) >= 11 is 0. The van der Waals surface area contributed by atoms with E-state index in [0.717, 1.165) is 24.9 Å². The molecule has 1 unspecified atom stereocenters. The normalized spacial score (nSPS) is 60.8. The Hall–Kier alpha value is -0.120. The monoisotopic (exact) mass is 457 g/mol. The molecule has 0 aromatic rings. The van der Waals surface area contributed by atoms with E-state index in [4.69, 9.17) is 10.5 Å². The van der Waals surface area contributed by atoms with Crippen molar-refractivity contribution in [1.82, 2.24) is 0 Å². The Morgan fingerprint density at radius 1 is 0.788 bits per heavy atom. The summed E-state index contributed by atoms with van der Waals surface area (Å²) in [5.41, 5.74) is 8.35. The van der Waals surface area contributed by atoms with Gasteiger partial charge in [0, 0.05) is 6.04 Å². The molecular weight excluding hydrogens is 406 g/mol. The lowest BCUT2D eigenvalue weighted by Gasteiger charge is -2.73. The zero-order chi connectivity index (χ0) is 23.8. The number of aliphatic hydroxyl groups is 1. The summed E-state index contributed by atoms with van der Waals surface area (Å²) in [4.78, 5) is 0. The van der Waals surface area contributed by atoms with Crippen LogP contribution in [0.25, 0.3) is 0 Å². The lowest BCUT2D eigenvalue weighted by Crippen LogP contribution is -2.69. The number of aliphatic hydroxyl groups excluding tert-OH is 1. The van der Waals surface area contributed by atoms with Gasteiger partial charge in [-0.1, -0.05) is 48.5 Å². The summed E-state index contributed by atoms with van der Waals surface area (Å²) in [5, 5.41) is 11.1. The first kappa shape index (κ1) is 23.3. The van der Waals surface area contributed by atoms with Gasteiger partial charge >= 0.3 is 0 Å². The fourth-order valence-corrected chi connectivity index (χ4v) is 12.2. The summed E-state index contributed by atoms with van der Waals surface area (Å²) < 4.78 is 6.71. The van der Waals surface area contributed by atoms with E-state index in [-0.39, 0.29) is 23.0 Å². The molecular formula is C30H51NO2. The van der Waals surface area contributed by atoms with E-state index in [1.165, 1.54) is 51.4 Å². The molecule has 0 spiro atoms. The van der Waals surface area contributed by atoms with Crippen molar-refractivity contribution in [2.45, 2.75) is 125 Å². The van der Waals surface area contributed by atoms with Crippen molar-refractivity contribution < 1.29 is 9.84 Å². The summed E-state index contributed by atoms with van der Waals surface area (Å²) in [5.74, 6) is 2.85. The highest BCUT2D eigenvalue weighted by molar-refractivity contribution is 5.21. The summed E-state index contributed by atoms with van der Waals surface area (Å²) in [7, 11) is 0. The number of fused-ring (bicyclic) bond motifs is 5. The second-order valence-electron chi connectivity index (χ2n) is 15.9. The van der Waals surface area contributed by atoms with E-state index in [9.17, 15) is 5.11 Å². The molecule has 2 bridgehead atoms. The quantitative estimate of drug-likeness (QED) is 0.457. The number of hydrogen-bond acceptors (Lipinski definition) is 3. The molecule has 188 valence electrons. The molecule has 5 aliphatic carbocycles. The van der Waals surface area contributed by atoms with Crippen molar-refractivity contribution >= 4 is 0 Å². The average Bonchev–Trinajstić information content (AvgIpc) is 3.06. The van der Waals surface area contributed by atoms with E-state index < -0.39 is 0 Å². The van der Waals surface area contributed by atoms with Gasteiger partial charge in [-0.25, -0.2) is 0 Å². The second kappa shape index (κ2) is 6.60. The highest BCUT2D eigenvalue weighted by Gasteiger charge is 2.73. The minimum Gasteiger partial charge on any atom is -0.391 e. The average molecular weight is 458 g/mol. The molecule has 3 N–H and O–H groups in total. The van der Waals surface area contributed by atoms with Crippen LogP contribution in [0.5, 0.6) is 0 Å². The van der Waals surface area contributed by atoms with Crippen molar-refractivity contribution in [1.29, 1.82) is 0 Å². The smallest absolute Gasteiger partial charge is 0.0744 e. The largest absolute Gasteiger partial charge is 0.391 e. The number of nitrogens with two attached hydrogens (primary N) is 1. The molecule has 1 saturated heterocycles. The van der Waals surface area contributed by atoms with Gasteiger partial charge in [-0.05, 0) is 114 Å². The first-order valence-corrected chi connectivity index (χ1v) is 14.3. The molecule has 3 nitrogen and oxygen atoms in total. The van der Waals surface area contributed by atoms with Crippen molar-refractivity contribution in [3.63, 3.8) is 0 Å². The third-order valence-corrected chi connectivity index (χ3v) is 14.1. The fraction of sp³-hybridized carbons (Fsp3) is 1.00. The highest BCUT2D eigenvalue weighted by atomic mass is 16.5. The van der Waals surface area contributed by atoms with Crippen molar-refractivity contribution in [3.8, 4) is 0 Å². The molecule has 0 aromatic carbocycles. The van der Waals surface area contributed by atoms with Crippen LogP contribution < -0.4 is 5.73 Å². The SMILES string of the molecule is CC1(C)CC[C@]23CC[C@]4(C)[C@H](CC[C@@H]5[C@@]6(C)CC(N)[C@H](O)C(C)(C)[C@@H]6CC[C@]54C)[C@H]2[C@H]1OC3. The Morgan fingerprint density at radius 3 is 2.21 bits per heavy atom. The maximum absolute atomic E-state index is 11.1. The third-order valence-electron chi connectivity index (χ3n) is 14.1. The first-order chi connectivity index (χ1) is 15.2. The Bertz CT molecular complexity index is 837. The lowest BCUT2D eigenvalue weighted by molar-refractivity contribution is -0.254. The molecule has 1 aliphatic heterocycles. The third kappa shape index (κ3) is 2.59. The van der Waals surface area contributed by atoms with E-state index >= 15 is 0 Å². The van der Waals surface area contributed by atoms with Gasteiger partial charge in [0.1, 0.15) is 0 Å². The molecule has 6 rings (SSSR count). The molecule has 5 saturated carbocycles. The van der Waals surface area contributed by atoms with Crippen LogP contribution in [0.3, 0.4) is 0 Å². The van der Waals surface area contributed by atoms with Gasteiger partial charge in [0.2, 0.25) is 0 Å². The minimum absolute atomic E-state index is 0.0906. The maximum atomic E-state index is 11.1. The Kier molecular flexibility index (Phi) is 4.66. The second-order valence-corrected chi connectivity index (χ2v) is 15.9. The van der Waals surface area contributed by atoms with Gasteiger partial charge in [-0.2, -0.15) is 0 Å². The minimum atomic E-state index is -0.376. The van der Waals surface area contributed by atoms with Crippen LogP contribution in [-0.2, 0) is 4.74 Å². The van der Waals surface area contributed by atoms with Gasteiger partial charge in [-0.15, -0.1) is 0 Å². The van der Waals surface area contributed by atoms with Crippen LogP contribution in [-0.4, -0.2) is 30.0 Å². The van der Waals surface area contributed by atoms with E-state index in [1.807, 2.05) is 0 Å². The summed E-state index contributed by atoms with van der Waals surface area (Å²) in [6.07, 6.45) is 11.9. The number of ether oxygens (including phenoxy) is 1. The topological polar surface area (TPSA) is 55.5 Å². The Labute approximate surface area is 203 Å².